The first-order chi connectivity index (χ1) is 7.95. The lowest BCUT2D eigenvalue weighted by Crippen LogP contribution is -2.04. The number of benzene rings is 1. The molecular weight excluding hydrogens is 332 g/mol. The molecule has 0 fully saturated rings. The van der Waals surface area contributed by atoms with Crippen molar-refractivity contribution in [2.24, 2.45) is 0 Å². The van der Waals surface area contributed by atoms with Gasteiger partial charge in [0.05, 0.1) is 6.61 Å². The van der Waals surface area contributed by atoms with Gasteiger partial charge in [-0.2, -0.15) is 0 Å². The monoisotopic (exact) mass is 342 g/mol. The SMILES string of the molecule is COCCCOc1ccc(Br)cc1S(=O)(=O)Cl. The minimum atomic E-state index is -3.81. The second-order valence-electron chi connectivity index (χ2n) is 3.22. The molecule has 0 saturated heterocycles. The number of hydrogen-bond donors (Lipinski definition) is 0. The van der Waals surface area contributed by atoms with Gasteiger partial charge in [0.25, 0.3) is 9.05 Å². The molecule has 0 N–H and O–H groups in total. The first kappa shape index (κ1) is 14.8. The number of ether oxygens (including phenoxy) is 2. The number of rotatable bonds is 6. The van der Waals surface area contributed by atoms with Crippen molar-refractivity contribution in [2.75, 3.05) is 20.3 Å². The van der Waals surface area contributed by atoms with E-state index in [1.807, 2.05) is 0 Å². The van der Waals surface area contributed by atoms with Crippen LogP contribution in [0.3, 0.4) is 0 Å². The van der Waals surface area contributed by atoms with Crippen molar-refractivity contribution in [2.45, 2.75) is 11.3 Å². The molecular formula is C10H12BrClO4S. The Morgan fingerprint density at radius 3 is 2.65 bits per heavy atom. The zero-order valence-corrected chi connectivity index (χ0v) is 12.3. The smallest absolute Gasteiger partial charge is 0.265 e. The minimum absolute atomic E-state index is 0.0361. The van der Waals surface area contributed by atoms with Crippen LogP contribution in [0.15, 0.2) is 27.6 Å². The van der Waals surface area contributed by atoms with Crippen LogP contribution in [0.25, 0.3) is 0 Å². The predicted octanol–water partition coefficient (Wildman–Crippen LogP) is 2.79. The van der Waals surface area contributed by atoms with E-state index in [0.29, 0.717) is 24.1 Å². The summed E-state index contributed by atoms with van der Waals surface area (Å²) in [4.78, 5) is -0.0361. The van der Waals surface area contributed by atoms with Crippen molar-refractivity contribution >= 4 is 35.7 Å². The fourth-order valence-corrected chi connectivity index (χ4v) is 2.69. The molecule has 0 aromatic heterocycles. The van der Waals surface area contributed by atoms with Gasteiger partial charge in [-0.25, -0.2) is 8.42 Å². The van der Waals surface area contributed by atoms with Gasteiger partial charge >= 0.3 is 0 Å². The van der Waals surface area contributed by atoms with Crippen LogP contribution in [-0.2, 0) is 13.8 Å². The van der Waals surface area contributed by atoms with Crippen molar-refractivity contribution in [3.8, 4) is 5.75 Å². The molecule has 0 atom stereocenters. The molecule has 0 amide bonds. The van der Waals surface area contributed by atoms with Crippen LogP contribution in [0, 0.1) is 0 Å². The predicted molar refractivity (Wildman–Crippen MR) is 69.2 cm³/mol. The Balaban J connectivity index is 2.84. The lowest BCUT2D eigenvalue weighted by molar-refractivity contribution is 0.171. The van der Waals surface area contributed by atoms with Gasteiger partial charge in [-0.1, -0.05) is 15.9 Å². The minimum Gasteiger partial charge on any atom is -0.492 e. The third kappa shape index (κ3) is 4.83. The summed E-state index contributed by atoms with van der Waals surface area (Å²) < 4.78 is 33.5. The molecule has 0 bridgehead atoms. The topological polar surface area (TPSA) is 52.6 Å². The lowest BCUT2D eigenvalue weighted by Gasteiger charge is -2.09. The Morgan fingerprint density at radius 2 is 2.06 bits per heavy atom. The van der Waals surface area contributed by atoms with Gasteiger partial charge in [-0.05, 0) is 18.2 Å². The Hall–Kier alpha value is -0.300. The average Bonchev–Trinajstić information content (AvgIpc) is 2.25. The van der Waals surface area contributed by atoms with Crippen LogP contribution in [-0.4, -0.2) is 28.7 Å². The van der Waals surface area contributed by atoms with E-state index >= 15 is 0 Å². The molecule has 7 heteroatoms. The van der Waals surface area contributed by atoms with E-state index in [4.69, 9.17) is 20.2 Å². The van der Waals surface area contributed by atoms with Crippen LogP contribution in [0.5, 0.6) is 5.75 Å². The third-order valence-electron chi connectivity index (χ3n) is 1.92. The van der Waals surface area contributed by atoms with E-state index < -0.39 is 9.05 Å². The summed E-state index contributed by atoms with van der Waals surface area (Å²) in [6.07, 6.45) is 0.675. The van der Waals surface area contributed by atoms with Crippen molar-refractivity contribution in [3.05, 3.63) is 22.7 Å². The molecule has 0 unspecified atom stereocenters. The van der Waals surface area contributed by atoms with Gasteiger partial charge in [-0.15, -0.1) is 0 Å². The van der Waals surface area contributed by atoms with E-state index in [0.717, 1.165) is 0 Å². The molecule has 4 nitrogen and oxygen atoms in total. The Labute approximate surface area is 113 Å². The van der Waals surface area contributed by atoms with Crippen molar-refractivity contribution in [1.82, 2.24) is 0 Å². The Morgan fingerprint density at radius 1 is 1.35 bits per heavy atom. The quantitative estimate of drug-likeness (QED) is 0.589. The van der Waals surface area contributed by atoms with E-state index in [-0.39, 0.29) is 10.6 Å². The molecule has 0 spiro atoms. The molecule has 96 valence electrons. The van der Waals surface area contributed by atoms with Gasteiger partial charge in [0.1, 0.15) is 10.6 Å². The first-order valence-corrected chi connectivity index (χ1v) is 7.91. The third-order valence-corrected chi connectivity index (χ3v) is 3.76. The van der Waals surface area contributed by atoms with Crippen LogP contribution in [0.2, 0.25) is 0 Å². The van der Waals surface area contributed by atoms with Gasteiger partial charge in [0, 0.05) is 35.3 Å². The second kappa shape index (κ2) is 6.58. The highest BCUT2D eigenvalue weighted by Crippen LogP contribution is 2.30. The summed E-state index contributed by atoms with van der Waals surface area (Å²) in [5, 5.41) is 0. The Kier molecular flexibility index (Phi) is 5.72. The number of methoxy groups -OCH3 is 1. The van der Waals surface area contributed by atoms with Crippen LogP contribution in [0.1, 0.15) is 6.42 Å². The van der Waals surface area contributed by atoms with Crippen molar-refractivity contribution in [1.29, 1.82) is 0 Å². The highest BCUT2D eigenvalue weighted by molar-refractivity contribution is 9.10. The Bertz CT molecular complexity index is 475. The van der Waals surface area contributed by atoms with Crippen LogP contribution < -0.4 is 4.74 Å². The second-order valence-corrected chi connectivity index (χ2v) is 6.67. The van der Waals surface area contributed by atoms with E-state index in [9.17, 15) is 8.42 Å². The summed E-state index contributed by atoms with van der Waals surface area (Å²) in [5.74, 6) is 0.249. The number of hydrogen-bond acceptors (Lipinski definition) is 4. The van der Waals surface area contributed by atoms with Gasteiger partial charge < -0.3 is 9.47 Å². The molecule has 0 aliphatic heterocycles. The zero-order chi connectivity index (χ0) is 12.9. The standard InChI is InChI=1S/C10H12BrClO4S/c1-15-5-2-6-16-9-4-3-8(11)7-10(9)17(12,13)14/h3-4,7H,2,5-6H2,1H3. The maximum atomic E-state index is 11.3. The zero-order valence-electron chi connectivity index (χ0n) is 9.15. The van der Waals surface area contributed by atoms with Gasteiger partial charge in [0.15, 0.2) is 0 Å². The molecule has 0 aliphatic rings. The molecule has 0 radical (unpaired) electrons. The molecule has 1 rings (SSSR count). The normalized spacial score (nSPS) is 11.5. The van der Waals surface area contributed by atoms with E-state index in [1.165, 1.54) is 6.07 Å². The lowest BCUT2D eigenvalue weighted by atomic mass is 10.3. The fraction of sp³-hybridized carbons (Fsp3) is 0.400. The maximum absolute atomic E-state index is 11.3. The fourth-order valence-electron chi connectivity index (χ4n) is 1.18. The first-order valence-electron chi connectivity index (χ1n) is 4.81. The largest absolute Gasteiger partial charge is 0.492 e. The number of halogens is 2. The maximum Gasteiger partial charge on any atom is 0.265 e. The molecule has 0 heterocycles. The molecule has 0 saturated carbocycles. The summed E-state index contributed by atoms with van der Waals surface area (Å²) in [7, 11) is 3.10. The van der Waals surface area contributed by atoms with Crippen molar-refractivity contribution in [3.63, 3.8) is 0 Å². The summed E-state index contributed by atoms with van der Waals surface area (Å²) >= 11 is 3.18. The molecule has 17 heavy (non-hydrogen) atoms. The highest BCUT2D eigenvalue weighted by Gasteiger charge is 2.17. The van der Waals surface area contributed by atoms with Crippen LogP contribution in [0.4, 0.5) is 0 Å². The molecule has 1 aromatic carbocycles. The molecule has 0 aliphatic carbocycles. The average molecular weight is 344 g/mol. The highest BCUT2D eigenvalue weighted by atomic mass is 79.9. The molecule has 1 aromatic rings. The summed E-state index contributed by atoms with van der Waals surface area (Å²) in [6.45, 7) is 0.925. The van der Waals surface area contributed by atoms with Gasteiger partial charge in [-0.3, -0.25) is 0 Å². The summed E-state index contributed by atoms with van der Waals surface area (Å²) in [6, 6.07) is 4.66. The van der Waals surface area contributed by atoms with Crippen molar-refractivity contribution < 1.29 is 17.9 Å². The van der Waals surface area contributed by atoms with Gasteiger partial charge in [0.2, 0.25) is 0 Å². The van der Waals surface area contributed by atoms with E-state index in [2.05, 4.69) is 15.9 Å². The summed E-state index contributed by atoms with van der Waals surface area (Å²) in [5.41, 5.74) is 0. The van der Waals surface area contributed by atoms with E-state index in [1.54, 1.807) is 19.2 Å². The van der Waals surface area contributed by atoms with Crippen LogP contribution >= 0.6 is 26.6 Å².